The minimum atomic E-state index is 0.143. The van der Waals surface area contributed by atoms with Crippen LogP contribution in [0.25, 0.3) is 0 Å². The summed E-state index contributed by atoms with van der Waals surface area (Å²) in [6, 6.07) is 0.214. The Morgan fingerprint density at radius 1 is 1.27 bits per heavy atom. The molecule has 0 aliphatic carbocycles. The maximum absolute atomic E-state index is 11.8. The lowest BCUT2D eigenvalue weighted by molar-refractivity contribution is -0.133. The summed E-state index contributed by atoms with van der Waals surface area (Å²) < 4.78 is 0. The number of hydrogen-bond donors (Lipinski definition) is 1. The van der Waals surface area contributed by atoms with Crippen LogP contribution in [0.2, 0.25) is 0 Å². The minimum absolute atomic E-state index is 0.143. The average Bonchev–Trinajstić information content (AvgIpc) is 2.14. The number of carbonyl (C=O) groups is 1. The molecule has 4 heteroatoms. The van der Waals surface area contributed by atoms with Gasteiger partial charge in [0.25, 0.3) is 0 Å². The van der Waals surface area contributed by atoms with E-state index in [4.69, 9.17) is 5.11 Å². The molecule has 0 spiro atoms. The molecule has 0 radical (unpaired) electrons. The van der Waals surface area contributed by atoms with Gasteiger partial charge in [-0.15, -0.1) is 0 Å². The quantitative estimate of drug-likeness (QED) is 0.676. The van der Waals surface area contributed by atoms with Crippen LogP contribution in [0.3, 0.4) is 0 Å². The molecule has 0 aromatic heterocycles. The van der Waals surface area contributed by atoms with E-state index in [2.05, 4.69) is 0 Å². The number of nitrogens with zero attached hydrogens (tertiary/aromatic N) is 2. The van der Waals surface area contributed by atoms with Crippen LogP contribution in [-0.2, 0) is 4.79 Å². The van der Waals surface area contributed by atoms with E-state index >= 15 is 0 Å². The second-order valence-electron chi connectivity index (χ2n) is 4.31. The first-order chi connectivity index (χ1) is 6.99. The third kappa shape index (κ3) is 6.47. The SMILES string of the molecule is CC(C)N(CCCO)C(=O)CCN(C)C. The van der Waals surface area contributed by atoms with Crippen molar-refractivity contribution in [3.63, 3.8) is 0 Å². The van der Waals surface area contributed by atoms with Crippen molar-refractivity contribution in [3.8, 4) is 0 Å². The fourth-order valence-electron chi connectivity index (χ4n) is 1.37. The topological polar surface area (TPSA) is 43.8 Å². The summed E-state index contributed by atoms with van der Waals surface area (Å²) in [6.45, 7) is 5.58. The zero-order valence-corrected chi connectivity index (χ0v) is 10.4. The Morgan fingerprint density at radius 2 is 1.87 bits per heavy atom. The lowest BCUT2D eigenvalue weighted by atomic mass is 10.2. The van der Waals surface area contributed by atoms with Crippen LogP contribution in [0.15, 0.2) is 0 Å². The summed E-state index contributed by atoms with van der Waals surface area (Å²) in [5.41, 5.74) is 0. The molecule has 0 aliphatic heterocycles. The summed E-state index contributed by atoms with van der Waals surface area (Å²) in [5.74, 6) is 0.173. The third-order valence-electron chi connectivity index (χ3n) is 2.27. The summed E-state index contributed by atoms with van der Waals surface area (Å²) in [6.07, 6.45) is 1.21. The lowest BCUT2D eigenvalue weighted by Gasteiger charge is -2.27. The van der Waals surface area contributed by atoms with E-state index in [9.17, 15) is 4.79 Å². The van der Waals surface area contributed by atoms with Crippen molar-refractivity contribution in [2.45, 2.75) is 32.7 Å². The van der Waals surface area contributed by atoms with Gasteiger partial charge in [-0.3, -0.25) is 4.79 Å². The lowest BCUT2D eigenvalue weighted by Crippen LogP contribution is -2.39. The van der Waals surface area contributed by atoms with E-state index < -0.39 is 0 Å². The van der Waals surface area contributed by atoms with Crippen molar-refractivity contribution in [1.29, 1.82) is 0 Å². The molecule has 0 rings (SSSR count). The third-order valence-corrected chi connectivity index (χ3v) is 2.27. The highest BCUT2D eigenvalue weighted by Crippen LogP contribution is 2.03. The zero-order valence-electron chi connectivity index (χ0n) is 10.4. The summed E-state index contributed by atoms with van der Waals surface area (Å²) in [5, 5.41) is 8.75. The van der Waals surface area contributed by atoms with Gasteiger partial charge in [-0.2, -0.15) is 0 Å². The second-order valence-corrected chi connectivity index (χ2v) is 4.31. The number of aliphatic hydroxyl groups excluding tert-OH is 1. The van der Waals surface area contributed by atoms with E-state index in [1.165, 1.54) is 0 Å². The molecule has 0 saturated heterocycles. The average molecular weight is 216 g/mol. The Bertz CT molecular complexity index is 181. The molecule has 1 amide bonds. The summed E-state index contributed by atoms with van der Waals surface area (Å²) in [4.78, 5) is 15.6. The predicted octanol–water partition coefficient (Wildman–Crippen LogP) is 0.557. The number of rotatable bonds is 7. The van der Waals surface area contributed by atoms with Gasteiger partial charge in [-0.05, 0) is 34.4 Å². The number of carbonyl (C=O) groups excluding carboxylic acids is 1. The Hall–Kier alpha value is -0.610. The standard InChI is InChI=1S/C11H24N2O2/c1-10(2)13(7-5-9-14)11(15)6-8-12(3)4/h10,14H,5-9H2,1-4H3. The number of hydrogen-bond acceptors (Lipinski definition) is 3. The largest absolute Gasteiger partial charge is 0.396 e. The van der Waals surface area contributed by atoms with Gasteiger partial charge >= 0.3 is 0 Å². The van der Waals surface area contributed by atoms with Crippen LogP contribution in [0.4, 0.5) is 0 Å². The molecule has 0 heterocycles. The Labute approximate surface area is 92.9 Å². The monoisotopic (exact) mass is 216 g/mol. The maximum atomic E-state index is 11.8. The van der Waals surface area contributed by atoms with Crippen molar-refractivity contribution in [1.82, 2.24) is 9.80 Å². The van der Waals surface area contributed by atoms with Crippen molar-refractivity contribution < 1.29 is 9.90 Å². The van der Waals surface area contributed by atoms with Gasteiger partial charge in [-0.1, -0.05) is 0 Å². The van der Waals surface area contributed by atoms with E-state index in [1.54, 1.807) is 0 Å². The first-order valence-electron chi connectivity index (χ1n) is 5.54. The zero-order chi connectivity index (χ0) is 11.8. The molecule has 90 valence electrons. The van der Waals surface area contributed by atoms with E-state index in [-0.39, 0.29) is 18.6 Å². The molecule has 0 aromatic carbocycles. The molecule has 0 fully saturated rings. The summed E-state index contributed by atoms with van der Waals surface area (Å²) >= 11 is 0. The van der Waals surface area contributed by atoms with Crippen molar-refractivity contribution in [3.05, 3.63) is 0 Å². The van der Waals surface area contributed by atoms with Gasteiger partial charge < -0.3 is 14.9 Å². The highest BCUT2D eigenvalue weighted by atomic mass is 16.3. The van der Waals surface area contributed by atoms with Gasteiger partial charge in [-0.25, -0.2) is 0 Å². The van der Waals surface area contributed by atoms with E-state index in [0.29, 0.717) is 19.4 Å². The summed E-state index contributed by atoms with van der Waals surface area (Å²) in [7, 11) is 3.92. The molecule has 0 atom stereocenters. The molecule has 4 nitrogen and oxygen atoms in total. The molecule has 0 aliphatic rings. The first-order valence-corrected chi connectivity index (χ1v) is 5.54. The molecular weight excluding hydrogens is 192 g/mol. The fraction of sp³-hybridized carbons (Fsp3) is 0.909. The van der Waals surface area contributed by atoms with Gasteiger partial charge in [0.15, 0.2) is 0 Å². The number of aliphatic hydroxyl groups is 1. The fourth-order valence-corrected chi connectivity index (χ4v) is 1.37. The molecular formula is C11H24N2O2. The van der Waals surface area contributed by atoms with Crippen LogP contribution < -0.4 is 0 Å². The highest BCUT2D eigenvalue weighted by molar-refractivity contribution is 5.76. The van der Waals surface area contributed by atoms with Crippen molar-refractivity contribution in [2.75, 3.05) is 33.8 Å². The van der Waals surface area contributed by atoms with Crippen LogP contribution in [-0.4, -0.2) is 60.6 Å². The molecule has 0 unspecified atom stereocenters. The Kier molecular flexibility index (Phi) is 7.34. The van der Waals surface area contributed by atoms with E-state index in [1.807, 2.05) is 37.7 Å². The predicted molar refractivity (Wildman–Crippen MR) is 61.7 cm³/mol. The van der Waals surface area contributed by atoms with Gasteiger partial charge in [0.1, 0.15) is 0 Å². The van der Waals surface area contributed by atoms with Crippen LogP contribution in [0.1, 0.15) is 26.7 Å². The first kappa shape index (κ1) is 14.4. The van der Waals surface area contributed by atoms with Gasteiger partial charge in [0.2, 0.25) is 5.91 Å². The van der Waals surface area contributed by atoms with Crippen LogP contribution in [0.5, 0.6) is 0 Å². The Morgan fingerprint density at radius 3 is 2.27 bits per heavy atom. The molecule has 0 bridgehead atoms. The maximum Gasteiger partial charge on any atom is 0.224 e. The van der Waals surface area contributed by atoms with E-state index in [0.717, 1.165) is 6.54 Å². The van der Waals surface area contributed by atoms with Gasteiger partial charge in [0, 0.05) is 32.2 Å². The molecule has 0 saturated carbocycles. The second kappa shape index (κ2) is 7.65. The molecule has 1 N–H and O–H groups in total. The minimum Gasteiger partial charge on any atom is -0.396 e. The van der Waals surface area contributed by atoms with Crippen LogP contribution >= 0.6 is 0 Å². The Balaban J connectivity index is 4.05. The number of amides is 1. The van der Waals surface area contributed by atoms with Crippen molar-refractivity contribution in [2.24, 2.45) is 0 Å². The van der Waals surface area contributed by atoms with Crippen LogP contribution in [0, 0.1) is 0 Å². The molecule has 15 heavy (non-hydrogen) atoms. The highest BCUT2D eigenvalue weighted by Gasteiger charge is 2.15. The normalized spacial score (nSPS) is 11.1. The van der Waals surface area contributed by atoms with Gasteiger partial charge in [0.05, 0.1) is 0 Å². The van der Waals surface area contributed by atoms with Crippen molar-refractivity contribution >= 4 is 5.91 Å². The molecule has 0 aromatic rings. The smallest absolute Gasteiger partial charge is 0.224 e.